The summed E-state index contributed by atoms with van der Waals surface area (Å²) >= 11 is 0. The Morgan fingerprint density at radius 2 is 1.74 bits per heavy atom. The van der Waals surface area contributed by atoms with Gasteiger partial charge in [0.25, 0.3) is 0 Å². The van der Waals surface area contributed by atoms with Crippen LogP contribution in [0.1, 0.15) is 90.0 Å². The lowest BCUT2D eigenvalue weighted by Gasteiger charge is -2.36. The highest BCUT2D eigenvalue weighted by atomic mass is 16.6. The summed E-state index contributed by atoms with van der Waals surface area (Å²) < 4.78 is 10.4. The zero-order chi connectivity index (χ0) is 28.6. The van der Waals surface area contributed by atoms with Crippen LogP contribution in [0.25, 0.3) is 0 Å². The zero-order valence-electron chi connectivity index (χ0n) is 24.2. The van der Waals surface area contributed by atoms with Gasteiger partial charge < -0.3 is 25.0 Å². The van der Waals surface area contributed by atoms with Crippen LogP contribution >= 0.6 is 0 Å². The molecule has 0 heterocycles. The number of aryl methyl sites for hydroxylation is 2. The minimum atomic E-state index is -0.913. The van der Waals surface area contributed by atoms with Gasteiger partial charge in [-0.15, -0.1) is 0 Å². The molecule has 0 bridgehead atoms. The Balaban J connectivity index is 2.42. The number of carbonyl (C=O) groups excluding carboxylic acids is 4. The summed E-state index contributed by atoms with van der Waals surface area (Å²) in [4.78, 5) is 54.0. The fourth-order valence-corrected chi connectivity index (χ4v) is 4.14. The molecular formula is C29H45N3O6. The fraction of sp³-hybridized carbons (Fsp3) is 0.655. The summed E-state index contributed by atoms with van der Waals surface area (Å²) in [5.74, 6) is -1.29. The number of rotatable bonds is 12. The van der Waals surface area contributed by atoms with Crippen LogP contribution < -0.4 is 10.6 Å². The van der Waals surface area contributed by atoms with E-state index in [-0.39, 0.29) is 43.3 Å². The molecule has 2 rings (SSSR count). The third-order valence-corrected chi connectivity index (χ3v) is 6.65. The maximum atomic E-state index is 14.2. The van der Waals surface area contributed by atoms with E-state index in [9.17, 15) is 19.2 Å². The van der Waals surface area contributed by atoms with E-state index in [0.717, 1.165) is 24.0 Å². The number of nitrogens with zero attached hydrogens (tertiary/aromatic N) is 1. The molecule has 3 unspecified atom stereocenters. The molecule has 0 saturated heterocycles. The first kappa shape index (κ1) is 31.1. The number of hydrogen-bond acceptors (Lipinski definition) is 6. The van der Waals surface area contributed by atoms with Crippen molar-refractivity contribution in [2.45, 2.75) is 105 Å². The standard InChI is InChI=1S/C29H45N3O6/c1-9-18(3)24(31-28(36)38-29(6,7)8)27(35)32(22-13-14-22)25(21-12-11-19(4)20(5)17-21)26(34)30-16-15-23(33)37-10-2/h11-12,17-18,22,24-25H,9-10,13-16H2,1-8H3,(H,30,34)(H,31,36). The summed E-state index contributed by atoms with van der Waals surface area (Å²) in [6.45, 7) is 15.2. The molecule has 0 aromatic heterocycles. The number of esters is 1. The monoisotopic (exact) mass is 531 g/mol. The van der Waals surface area contributed by atoms with Crippen LogP contribution in [0.3, 0.4) is 0 Å². The first-order valence-electron chi connectivity index (χ1n) is 13.6. The van der Waals surface area contributed by atoms with Gasteiger partial charge in [-0.05, 0) is 77.0 Å². The second kappa shape index (κ2) is 13.6. The van der Waals surface area contributed by atoms with Gasteiger partial charge in [0.05, 0.1) is 13.0 Å². The normalized spacial score (nSPS) is 15.6. The number of nitrogens with one attached hydrogen (secondary N) is 2. The molecular weight excluding hydrogens is 486 g/mol. The molecule has 1 saturated carbocycles. The summed E-state index contributed by atoms with van der Waals surface area (Å²) in [5.41, 5.74) is 2.04. The molecule has 0 aliphatic heterocycles. The van der Waals surface area contributed by atoms with E-state index in [0.29, 0.717) is 12.0 Å². The Bertz CT molecular complexity index is 999. The summed E-state index contributed by atoms with van der Waals surface area (Å²) in [6, 6.07) is 3.81. The van der Waals surface area contributed by atoms with Crippen LogP contribution in [0.5, 0.6) is 0 Å². The lowest BCUT2D eigenvalue weighted by atomic mass is 9.94. The van der Waals surface area contributed by atoms with E-state index >= 15 is 0 Å². The largest absolute Gasteiger partial charge is 0.466 e. The van der Waals surface area contributed by atoms with Crippen LogP contribution in [0.2, 0.25) is 0 Å². The third-order valence-electron chi connectivity index (χ3n) is 6.65. The SMILES string of the molecule is CCOC(=O)CCNC(=O)C(c1ccc(C)c(C)c1)N(C(=O)C(NC(=O)OC(C)(C)C)C(C)CC)C1CC1. The van der Waals surface area contributed by atoms with Crippen molar-refractivity contribution in [1.82, 2.24) is 15.5 Å². The molecule has 3 amide bonds. The molecule has 1 aromatic carbocycles. The van der Waals surface area contributed by atoms with Crippen molar-refractivity contribution < 1.29 is 28.7 Å². The second-order valence-corrected chi connectivity index (χ2v) is 11.1. The summed E-state index contributed by atoms with van der Waals surface area (Å²) in [6.07, 6.45) is 1.54. The predicted molar refractivity (Wildman–Crippen MR) is 145 cm³/mol. The Labute approximate surface area is 227 Å². The summed E-state index contributed by atoms with van der Waals surface area (Å²) in [7, 11) is 0. The molecule has 1 aliphatic rings. The molecule has 9 nitrogen and oxygen atoms in total. The number of benzene rings is 1. The molecule has 212 valence electrons. The average molecular weight is 532 g/mol. The maximum Gasteiger partial charge on any atom is 0.408 e. The first-order valence-corrected chi connectivity index (χ1v) is 13.6. The Morgan fingerprint density at radius 1 is 1.08 bits per heavy atom. The zero-order valence-corrected chi connectivity index (χ0v) is 24.2. The minimum Gasteiger partial charge on any atom is -0.466 e. The van der Waals surface area contributed by atoms with E-state index in [4.69, 9.17) is 9.47 Å². The molecule has 0 radical (unpaired) electrons. The van der Waals surface area contributed by atoms with Gasteiger partial charge in [-0.3, -0.25) is 14.4 Å². The minimum absolute atomic E-state index is 0.0340. The van der Waals surface area contributed by atoms with Gasteiger partial charge in [0.15, 0.2) is 0 Å². The number of hydrogen-bond donors (Lipinski definition) is 2. The van der Waals surface area contributed by atoms with Gasteiger partial charge in [0, 0.05) is 12.6 Å². The molecule has 38 heavy (non-hydrogen) atoms. The molecule has 3 atom stereocenters. The number of carbonyl (C=O) groups is 4. The lowest BCUT2D eigenvalue weighted by Crippen LogP contribution is -2.56. The lowest BCUT2D eigenvalue weighted by molar-refractivity contribution is -0.145. The molecule has 1 aromatic rings. The Kier molecular flexibility index (Phi) is 11.2. The van der Waals surface area contributed by atoms with Crippen molar-refractivity contribution in [3.8, 4) is 0 Å². The van der Waals surface area contributed by atoms with Crippen LogP contribution in [0.4, 0.5) is 4.79 Å². The third kappa shape index (κ3) is 9.03. The van der Waals surface area contributed by atoms with Crippen LogP contribution in [0, 0.1) is 19.8 Å². The van der Waals surface area contributed by atoms with Crippen molar-refractivity contribution in [3.05, 3.63) is 34.9 Å². The molecule has 9 heteroatoms. The van der Waals surface area contributed by atoms with E-state index in [2.05, 4.69) is 10.6 Å². The number of ether oxygens (including phenoxy) is 2. The Morgan fingerprint density at radius 3 is 2.26 bits per heavy atom. The molecule has 0 spiro atoms. The number of alkyl carbamates (subject to hydrolysis) is 1. The van der Waals surface area contributed by atoms with Crippen molar-refractivity contribution >= 4 is 23.9 Å². The van der Waals surface area contributed by atoms with Crippen molar-refractivity contribution in [3.63, 3.8) is 0 Å². The average Bonchev–Trinajstić information content (AvgIpc) is 3.66. The van der Waals surface area contributed by atoms with Gasteiger partial charge in [-0.2, -0.15) is 0 Å². The smallest absolute Gasteiger partial charge is 0.408 e. The van der Waals surface area contributed by atoms with Crippen molar-refractivity contribution in [2.75, 3.05) is 13.2 Å². The predicted octanol–water partition coefficient (Wildman–Crippen LogP) is 4.34. The Hall–Kier alpha value is -3.10. The van der Waals surface area contributed by atoms with Gasteiger partial charge in [0.2, 0.25) is 11.8 Å². The first-order chi connectivity index (χ1) is 17.8. The van der Waals surface area contributed by atoms with Gasteiger partial charge in [-0.25, -0.2) is 4.79 Å². The van der Waals surface area contributed by atoms with Crippen molar-refractivity contribution in [2.24, 2.45) is 5.92 Å². The highest BCUT2D eigenvalue weighted by Crippen LogP contribution is 2.36. The molecule has 1 fully saturated rings. The van der Waals surface area contributed by atoms with Gasteiger partial charge >= 0.3 is 12.1 Å². The van der Waals surface area contributed by atoms with E-state index < -0.39 is 29.7 Å². The topological polar surface area (TPSA) is 114 Å². The fourth-order valence-electron chi connectivity index (χ4n) is 4.14. The maximum absolute atomic E-state index is 14.2. The van der Waals surface area contributed by atoms with Gasteiger partial charge in [-0.1, -0.05) is 38.5 Å². The van der Waals surface area contributed by atoms with E-state index in [1.54, 1.807) is 32.6 Å². The highest BCUT2D eigenvalue weighted by molar-refractivity contribution is 5.93. The van der Waals surface area contributed by atoms with E-state index in [1.165, 1.54) is 0 Å². The van der Waals surface area contributed by atoms with E-state index in [1.807, 2.05) is 45.9 Å². The number of amides is 3. The van der Waals surface area contributed by atoms with Crippen LogP contribution in [-0.4, -0.2) is 59.6 Å². The van der Waals surface area contributed by atoms with Crippen LogP contribution in [-0.2, 0) is 23.9 Å². The highest BCUT2D eigenvalue weighted by Gasteiger charge is 2.45. The van der Waals surface area contributed by atoms with Gasteiger partial charge in [0.1, 0.15) is 17.7 Å². The molecule has 1 aliphatic carbocycles. The van der Waals surface area contributed by atoms with Crippen LogP contribution in [0.15, 0.2) is 18.2 Å². The molecule has 2 N–H and O–H groups in total. The summed E-state index contributed by atoms with van der Waals surface area (Å²) in [5, 5.41) is 5.61. The second-order valence-electron chi connectivity index (χ2n) is 11.1. The quantitative estimate of drug-likeness (QED) is 0.388. The van der Waals surface area contributed by atoms with Crippen molar-refractivity contribution in [1.29, 1.82) is 0 Å².